The molecule has 2 aliphatic rings. The van der Waals surface area contributed by atoms with Crippen molar-refractivity contribution >= 4 is 26.0 Å². The van der Waals surface area contributed by atoms with Crippen LogP contribution >= 0.6 is 15.9 Å². The molecular formula is C14H19BrN2O2S. The van der Waals surface area contributed by atoms with Gasteiger partial charge in [-0.25, -0.2) is 8.42 Å². The molecule has 2 bridgehead atoms. The summed E-state index contributed by atoms with van der Waals surface area (Å²) in [5.74, 6) is 0. The van der Waals surface area contributed by atoms with E-state index in [4.69, 9.17) is 0 Å². The van der Waals surface area contributed by atoms with Crippen molar-refractivity contribution in [3.63, 3.8) is 0 Å². The summed E-state index contributed by atoms with van der Waals surface area (Å²) in [6.45, 7) is 3.10. The lowest BCUT2D eigenvalue weighted by molar-refractivity contribution is 0.383. The van der Waals surface area contributed by atoms with Gasteiger partial charge in [-0.2, -0.15) is 4.31 Å². The fourth-order valence-corrected chi connectivity index (χ4v) is 5.60. The van der Waals surface area contributed by atoms with Crippen LogP contribution < -0.4 is 5.32 Å². The van der Waals surface area contributed by atoms with Gasteiger partial charge in [0.1, 0.15) is 0 Å². The average Bonchev–Trinajstić information content (AvgIpc) is 2.71. The molecule has 2 unspecified atom stereocenters. The highest BCUT2D eigenvalue weighted by Gasteiger charge is 2.35. The summed E-state index contributed by atoms with van der Waals surface area (Å²) in [6, 6.07) is 6.19. The van der Waals surface area contributed by atoms with Crippen molar-refractivity contribution in [3.8, 4) is 0 Å². The Morgan fingerprint density at radius 2 is 2.00 bits per heavy atom. The molecule has 4 nitrogen and oxygen atoms in total. The van der Waals surface area contributed by atoms with E-state index >= 15 is 0 Å². The molecular weight excluding hydrogens is 340 g/mol. The molecule has 0 saturated carbocycles. The van der Waals surface area contributed by atoms with Gasteiger partial charge >= 0.3 is 0 Å². The molecule has 20 heavy (non-hydrogen) atoms. The Bertz CT molecular complexity index is 618. The maximum absolute atomic E-state index is 12.9. The third-order valence-electron chi connectivity index (χ3n) is 4.26. The van der Waals surface area contributed by atoms with Gasteiger partial charge in [0.25, 0.3) is 0 Å². The molecule has 0 aromatic heterocycles. The van der Waals surface area contributed by atoms with Gasteiger partial charge in [-0.3, -0.25) is 0 Å². The molecule has 2 aliphatic heterocycles. The van der Waals surface area contributed by atoms with E-state index in [1.165, 1.54) is 6.42 Å². The van der Waals surface area contributed by atoms with Gasteiger partial charge in [0.2, 0.25) is 10.0 Å². The predicted molar refractivity (Wildman–Crippen MR) is 82.2 cm³/mol. The van der Waals surface area contributed by atoms with Gasteiger partial charge in [-0.15, -0.1) is 0 Å². The molecule has 110 valence electrons. The van der Waals surface area contributed by atoms with E-state index in [0.717, 1.165) is 18.4 Å². The quantitative estimate of drug-likeness (QED) is 0.882. The Morgan fingerprint density at radius 1 is 1.25 bits per heavy atom. The minimum Gasteiger partial charge on any atom is -0.310 e. The molecule has 3 rings (SSSR count). The molecule has 0 spiro atoms. The van der Waals surface area contributed by atoms with Crippen molar-refractivity contribution in [1.29, 1.82) is 0 Å². The van der Waals surface area contributed by atoms with Crippen molar-refractivity contribution in [2.24, 2.45) is 0 Å². The fourth-order valence-electron chi connectivity index (χ4n) is 3.09. The lowest BCUT2D eigenvalue weighted by Gasteiger charge is -2.24. The van der Waals surface area contributed by atoms with Crippen LogP contribution in [0.25, 0.3) is 0 Å². The molecule has 0 aliphatic carbocycles. The fraction of sp³-hybridized carbons (Fsp3) is 0.571. The molecule has 1 N–H and O–H groups in total. The van der Waals surface area contributed by atoms with Crippen LogP contribution in [0.15, 0.2) is 27.6 Å². The van der Waals surface area contributed by atoms with E-state index in [2.05, 4.69) is 21.2 Å². The number of aryl methyl sites for hydroxylation is 1. The second-order valence-corrected chi connectivity index (χ2v) is 8.38. The third-order valence-corrected chi connectivity index (χ3v) is 7.48. The van der Waals surface area contributed by atoms with Gasteiger partial charge in [0.15, 0.2) is 0 Å². The van der Waals surface area contributed by atoms with Gasteiger partial charge in [-0.1, -0.05) is 12.1 Å². The van der Waals surface area contributed by atoms with Crippen LogP contribution in [0.4, 0.5) is 0 Å². The molecule has 2 heterocycles. The zero-order chi connectivity index (χ0) is 14.3. The largest absolute Gasteiger partial charge is 0.310 e. The van der Waals surface area contributed by atoms with E-state index in [0.29, 0.717) is 34.5 Å². The maximum Gasteiger partial charge on any atom is 0.244 e. The number of halogens is 1. The zero-order valence-corrected chi connectivity index (χ0v) is 13.9. The maximum atomic E-state index is 12.9. The normalized spacial score (nSPS) is 27.5. The van der Waals surface area contributed by atoms with Crippen molar-refractivity contribution in [3.05, 3.63) is 28.2 Å². The summed E-state index contributed by atoms with van der Waals surface area (Å²) in [6.07, 6.45) is 3.15. The SMILES string of the molecule is Cc1cccc(S(=O)(=O)N2CCC3CCC(C2)N3)c1Br. The lowest BCUT2D eigenvalue weighted by atomic mass is 10.1. The second-order valence-electron chi connectivity index (χ2n) is 5.68. The summed E-state index contributed by atoms with van der Waals surface area (Å²) in [7, 11) is -3.41. The van der Waals surface area contributed by atoms with Crippen molar-refractivity contribution in [2.75, 3.05) is 13.1 Å². The number of nitrogens with one attached hydrogen (secondary N) is 1. The summed E-state index contributed by atoms with van der Waals surface area (Å²) >= 11 is 3.42. The number of hydrogen-bond donors (Lipinski definition) is 1. The monoisotopic (exact) mass is 358 g/mol. The first-order valence-corrected chi connectivity index (χ1v) is 9.23. The molecule has 2 fully saturated rings. The van der Waals surface area contributed by atoms with Crippen LogP contribution in [-0.2, 0) is 10.0 Å². The average molecular weight is 359 g/mol. The molecule has 0 radical (unpaired) electrons. The van der Waals surface area contributed by atoms with Crippen LogP contribution in [0, 0.1) is 6.92 Å². The van der Waals surface area contributed by atoms with E-state index < -0.39 is 10.0 Å². The highest BCUT2D eigenvalue weighted by atomic mass is 79.9. The molecule has 6 heteroatoms. The van der Waals surface area contributed by atoms with Crippen LogP contribution in [-0.4, -0.2) is 37.9 Å². The van der Waals surface area contributed by atoms with Crippen LogP contribution in [0.2, 0.25) is 0 Å². The minimum absolute atomic E-state index is 0.306. The number of fused-ring (bicyclic) bond motifs is 2. The predicted octanol–water partition coefficient (Wildman–Crippen LogP) is 2.27. The zero-order valence-electron chi connectivity index (χ0n) is 11.5. The summed E-state index contributed by atoms with van der Waals surface area (Å²) in [5.41, 5.74) is 0.945. The Morgan fingerprint density at radius 3 is 2.80 bits per heavy atom. The first-order chi connectivity index (χ1) is 9.48. The van der Waals surface area contributed by atoms with Gasteiger partial charge in [-0.05, 0) is 53.7 Å². The van der Waals surface area contributed by atoms with E-state index in [-0.39, 0.29) is 0 Å². The smallest absolute Gasteiger partial charge is 0.244 e. The summed E-state index contributed by atoms with van der Waals surface area (Å²) in [4.78, 5) is 0.385. The Kier molecular flexibility index (Phi) is 3.92. The first-order valence-electron chi connectivity index (χ1n) is 7.00. The van der Waals surface area contributed by atoms with Gasteiger partial charge in [0.05, 0.1) is 4.90 Å². The second kappa shape index (κ2) is 5.40. The third kappa shape index (κ3) is 2.54. The topological polar surface area (TPSA) is 49.4 Å². The molecule has 1 aromatic carbocycles. The Hall–Kier alpha value is -0.430. The molecule has 2 atom stereocenters. The number of hydrogen-bond acceptors (Lipinski definition) is 3. The van der Waals surface area contributed by atoms with Gasteiger partial charge < -0.3 is 5.32 Å². The van der Waals surface area contributed by atoms with Crippen molar-refractivity contribution in [2.45, 2.75) is 43.2 Å². The number of nitrogens with zero attached hydrogens (tertiary/aromatic N) is 1. The first kappa shape index (κ1) is 14.5. The summed E-state index contributed by atoms with van der Waals surface area (Å²) in [5, 5.41) is 3.51. The van der Waals surface area contributed by atoms with E-state index in [9.17, 15) is 8.42 Å². The van der Waals surface area contributed by atoms with Crippen LogP contribution in [0.1, 0.15) is 24.8 Å². The highest BCUT2D eigenvalue weighted by molar-refractivity contribution is 9.10. The standard InChI is InChI=1S/C14H19BrN2O2S/c1-10-3-2-4-13(14(10)15)20(18,19)17-8-7-11-5-6-12(9-17)16-11/h2-4,11-12,16H,5-9H2,1H3. The molecule has 0 amide bonds. The number of benzene rings is 1. The number of sulfonamides is 1. The molecule has 1 aromatic rings. The van der Waals surface area contributed by atoms with Crippen LogP contribution in [0.3, 0.4) is 0 Å². The minimum atomic E-state index is -3.41. The van der Waals surface area contributed by atoms with Gasteiger partial charge in [0, 0.05) is 29.6 Å². The van der Waals surface area contributed by atoms with E-state index in [1.807, 2.05) is 13.0 Å². The van der Waals surface area contributed by atoms with Crippen molar-refractivity contribution < 1.29 is 8.42 Å². The highest BCUT2D eigenvalue weighted by Crippen LogP contribution is 2.30. The Labute approximate surface area is 128 Å². The summed E-state index contributed by atoms with van der Waals surface area (Å²) < 4.78 is 28.0. The van der Waals surface area contributed by atoms with Crippen LogP contribution in [0.5, 0.6) is 0 Å². The van der Waals surface area contributed by atoms with E-state index in [1.54, 1.807) is 16.4 Å². The van der Waals surface area contributed by atoms with Crippen molar-refractivity contribution in [1.82, 2.24) is 9.62 Å². The lowest BCUT2D eigenvalue weighted by Crippen LogP contribution is -2.39. The Balaban J connectivity index is 1.93. The number of rotatable bonds is 2. The molecule has 2 saturated heterocycles.